The maximum absolute atomic E-state index is 11.3. The normalized spacial score (nSPS) is 30.6. The number of hydrogen-bond acceptors (Lipinski definition) is 7. The molecule has 2 fully saturated rings. The average molecular weight is 374 g/mol. The van der Waals surface area contributed by atoms with Gasteiger partial charge in [0, 0.05) is 18.6 Å². The molecule has 4 atom stereocenters. The molecule has 0 radical (unpaired) electrons. The highest BCUT2D eigenvalue weighted by Crippen LogP contribution is 2.40. The predicted molar refractivity (Wildman–Crippen MR) is 96.4 cm³/mol. The van der Waals surface area contributed by atoms with Crippen molar-refractivity contribution in [3.05, 3.63) is 52.8 Å². The monoisotopic (exact) mass is 374 g/mol. The summed E-state index contributed by atoms with van der Waals surface area (Å²) in [7, 11) is 1.63. The van der Waals surface area contributed by atoms with Crippen molar-refractivity contribution in [1.29, 1.82) is 0 Å². The molecule has 2 aliphatic heterocycles. The van der Waals surface area contributed by atoms with Crippen LogP contribution in [-0.2, 0) is 18.9 Å². The third kappa shape index (κ3) is 3.17. The third-order valence-corrected chi connectivity index (χ3v) is 4.83. The molecule has 0 aliphatic carbocycles. The van der Waals surface area contributed by atoms with E-state index in [2.05, 4.69) is 0 Å². The molecule has 2 saturated heterocycles. The van der Waals surface area contributed by atoms with Gasteiger partial charge in [0.25, 0.3) is 5.95 Å². The summed E-state index contributed by atoms with van der Waals surface area (Å²) in [6, 6.07) is 8.27. The molecule has 0 saturated carbocycles. The van der Waals surface area contributed by atoms with E-state index in [1.807, 2.05) is 20.8 Å². The Kier molecular flexibility index (Phi) is 4.36. The second kappa shape index (κ2) is 6.58. The molecule has 1 aromatic heterocycles. The molecule has 0 bridgehead atoms. The van der Waals surface area contributed by atoms with Crippen molar-refractivity contribution in [1.82, 2.24) is 0 Å². The lowest BCUT2D eigenvalue weighted by Gasteiger charge is -2.45. The minimum atomic E-state index is -0.693. The van der Waals surface area contributed by atoms with E-state index in [0.717, 1.165) is 5.39 Å². The van der Waals surface area contributed by atoms with Crippen molar-refractivity contribution in [3.63, 3.8) is 0 Å². The fraction of sp³-hybridized carbons (Fsp3) is 0.450. The quantitative estimate of drug-likeness (QED) is 0.765. The van der Waals surface area contributed by atoms with Gasteiger partial charge in [0.2, 0.25) is 12.4 Å². The summed E-state index contributed by atoms with van der Waals surface area (Å²) < 4.78 is 34.8. The van der Waals surface area contributed by atoms with Gasteiger partial charge >= 0.3 is 5.63 Å². The number of hydrogen-bond donors (Lipinski definition) is 0. The van der Waals surface area contributed by atoms with Gasteiger partial charge in [-0.1, -0.05) is 0 Å². The van der Waals surface area contributed by atoms with Gasteiger partial charge in [0.1, 0.15) is 17.4 Å². The van der Waals surface area contributed by atoms with Gasteiger partial charge in [0.05, 0.1) is 5.60 Å². The van der Waals surface area contributed by atoms with E-state index in [0.29, 0.717) is 17.3 Å². The lowest BCUT2D eigenvalue weighted by atomic mass is 9.89. The fourth-order valence-corrected chi connectivity index (χ4v) is 3.61. The van der Waals surface area contributed by atoms with Crippen molar-refractivity contribution in [3.8, 4) is 5.75 Å². The molecule has 7 heteroatoms. The third-order valence-electron chi connectivity index (χ3n) is 4.83. The van der Waals surface area contributed by atoms with E-state index in [1.54, 1.807) is 37.5 Å². The van der Waals surface area contributed by atoms with Crippen LogP contribution in [-0.4, -0.2) is 37.3 Å². The number of methoxy groups -OCH3 is 1. The van der Waals surface area contributed by atoms with Gasteiger partial charge in [-0.05, 0) is 51.1 Å². The lowest BCUT2D eigenvalue weighted by molar-refractivity contribution is -0.282. The summed E-state index contributed by atoms with van der Waals surface area (Å²) in [5.74, 6) is 1.01. The molecule has 0 spiro atoms. The Hall–Kier alpha value is -2.51. The summed E-state index contributed by atoms with van der Waals surface area (Å²) in [4.78, 5) is 11.3. The van der Waals surface area contributed by atoms with Crippen molar-refractivity contribution < 1.29 is 28.1 Å². The largest absolute Gasteiger partial charge is 0.461 e. The molecule has 0 N–H and O–H groups in total. The Morgan fingerprint density at radius 1 is 1.11 bits per heavy atom. The zero-order valence-corrected chi connectivity index (χ0v) is 15.6. The summed E-state index contributed by atoms with van der Waals surface area (Å²) in [5.41, 5.74) is -0.539. The zero-order valence-electron chi connectivity index (χ0n) is 15.6. The maximum Gasteiger partial charge on any atom is 0.336 e. The molecule has 0 amide bonds. The first-order chi connectivity index (χ1) is 12.9. The molecule has 7 nitrogen and oxygen atoms in total. The number of fused-ring (bicyclic) bond motifs is 2. The van der Waals surface area contributed by atoms with Gasteiger partial charge in [-0.25, -0.2) is 4.79 Å². The molecule has 4 rings (SSSR count). The molecule has 2 aliphatic rings. The summed E-state index contributed by atoms with van der Waals surface area (Å²) >= 11 is 0. The highest BCUT2D eigenvalue weighted by atomic mass is 16.8. The fourth-order valence-electron chi connectivity index (χ4n) is 3.61. The minimum Gasteiger partial charge on any atom is -0.461 e. The van der Waals surface area contributed by atoms with Crippen LogP contribution >= 0.6 is 0 Å². The summed E-state index contributed by atoms with van der Waals surface area (Å²) in [6.07, 6.45) is -0.0765. The van der Waals surface area contributed by atoms with Crippen molar-refractivity contribution in [2.45, 2.75) is 51.0 Å². The van der Waals surface area contributed by atoms with Crippen molar-refractivity contribution in [2.24, 2.45) is 0 Å². The van der Waals surface area contributed by atoms with E-state index in [-0.39, 0.29) is 12.2 Å². The highest BCUT2D eigenvalue weighted by molar-refractivity contribution is 5.77. The van der Waals surface area contributed by atoms with Crippen LogP contribution < -0.4 is 10.4 Å². The smallest absolute Gasteiger partial charge is 0.336 e. The summed E-state index contributed by atoms with van der Waals surface area (Å²) in [6.45, 7) is 5.70. The highest BCUT2D eigenvalue weighted by Gasteiger charge is 2.57. The van der Waals surface area contributed by atoms with Crippen LogP contribution in [0.4, 0.5) is 0 Å². The molecule has 1 aromatic carbocycles. The molecule has 4 unspecified atom stereocenters. The van der Waals surface area contributed by atoms with Crippen LogP contribution in [0.15, 0.2) is 51.6 Å². The second-order valence-electron chi connectivity index (χ2n) is 7.09. The number of rotatable bonds is 3. The molecule has 2 aromatic rings. The van der Waals surface area contributed by atoms with Crippen LogP contribution in [0.2, 0.25) is 0 Å². The van der Waals surface area contributed by atoms with E-state index >= 15 is 0 Å². The molecular formula is C20H22O7. The first-order valence-corrected chi connectivity index (χ1v) is 8.82. The van der Waals surface area contributed by atoms with Gasteiger partial charge in [-0.15, -0.1) is 0 Å². The Labute approximate surface area is 156 Å². The van der Waals surface area contributed by atoms with Gasteiger partial charge in [0.15, 0.2) is 6.10 Å². The predicted octanol–water partition coefficient (Wildman–Crippen LogP) is 2.97. The lowest BCUT2D eigenvalue weighted by Crippen LogP contribution is -2.62. The molecular weight excluding hydrogens is 352 g/mol. The van der Waals surface area contributed by atoms with E-state index in [4.69, 9.17) is 28.1 Å². The van der Waals surface area contributed by atoms with Gasteiger partial charge < -0.3 is 28.1 Å². The van der Waals surface area contributed by atoms with E-state index in [9.17, 15) is 4.79 Å². The average Bonchev–Trinajstić information content (AvgIpc) is 3.05. The van der Waals surface area contributed by atoms with Crippen LogP contribution in [0, 0.1) is 0 Å². The van der Waals surface area contributed by atoms with E-state index < -0.39 is 23.6 Å². The first-order valence-electron chi connectivity index (χ1n) is 8.82. The SMILES string of the molecule is CC=C1OC2C(Oc3ccc4oc(=O)ccc4c3)OC(C)(C)C(OC)C2O1. The topological polar surface area (TPSA) is 76.4 Å². The minimum absolute atomic E-state index is 0.314. The van der Waals surface area contributed by atoms with Crippen LogP contribution in [0.25, 0.3) is 11.0 Å². The van der Waals surface area contributed by atoms with Crippen LogP contribution in [0.1, 0.15) is 20.8 Å². The molecule has 27 heavy (non-hydrogen) atoms. The first kappa shape index (κ1) is 17.9. The van der Waals surface area contributed by atoms with Crippen LogP contribution in [0.3, 0.4) is 0 Å². The van der Waals surface area contributed by atoms with Crippen molar-refractivity contribution >= 4 is 11.0 Å². The number of allylic oxidation sites excluding steroid dienone is 1. The van der Waals surface area contributed by atoms with E-state index in [1.165, 1.54) is 6.07 Å². The Bertz CT molecular complexity index is 929. The molecule has 144 valence electrons. The zero-order chi connectivity index (χ0) is 19.2. The van der Waals surface area contributed by atoms with Crippen LogP contribution in [0.5, 0.6) is 5.75 Å². The maximum atomic E-state index is 11.3. The number of benzene rings is 1. The standard InChI is InChI=1S/C20H22O7/c1-5-15-25-16-17(26-15)19(27-20(2,3)18(16)22-4)23-12-7-8-13-11(10-12)6-9-14(21)24-13/h5-10,16-19H,1-4H3. The Balaban J connectivity index is 1.64. The van der Waals surface area contributed by atoms with Gasteiger partial charge in [-0.2, -0.15) is 0 Å². The number of ether oxygens (including phenoxy) is 5. The summed E-state index contributed by atoms with van der Waals surface area (Å²) in [5, 5.41) is 0.756. The molecule has 3 heterocycles. The second-order valence-corrected chi connectivity index (χ2v) is 7.09. The van der Waals surface area contributed by atoms with Gasteiger partial charge in [-0.3, -0.25) is 0 Å². The Morgan fingerprint density at radius 2 is 1.89 bits per heavy atom. The Morgan fingerprint density at radius 3 is 2.63 bits per heavy atom. The van der Waals surface area contributed by atoms with Crippen molar-refractivity contribution in [2.75, 3.05) is 7.11 Å².